The second-order valence-corrected chi connectivity index (χ2v) is 16.6. The van der Waals surface area contributed by atoms with Gasteiger partial charge in [0.05, 0.1) is 0 Å². The number of fused-ring (bicyclic) bond motifs is 3. The van der Waals surface area contributed by atoms with Crippen molar-refractivity contribution >= 4 is 28.8 Å². The standard InChI is InChI=1S/C48H34Si/c1-5-17-35(18-6-1)41-25-13-15-27-43(41)37-29-31-47-45(33-37)46-34-38(44-28-16-14-26-42(44)36-19-7-2-8-20-36)30-32-48(46)49(47,39-21-9-3-10-22-39)40-23-11-4-12-24-40/h1-34H. The minimum absolute atomic E-state index is 1.23. The summed E-state index contributed by atoms with van der Waals surface area (Å²) in [4.78, 5) is 0. The number of rotatable bonds is 6. The van der Waals surface area contributed by atoms with E-state index in [0.717, 1.165) is 0 Å². The molecule has 0 N–H and O–H groups in total. The summed E-state index contributed by atoms with van der Waals surface area (Å²) < 4.78 is 0. The molecule has 0 amide bonds. The van der Waals surface area contributed by atoms with Gasteiger partial charge in [0.25, 0.3) is 0 Å². The fourth-order valence-corrected chi connectivity index (χ4v) is 13.2. The summed E-state index contributed by atoms with van der Waals surface area (Å²) in [6.07, 6.45) is 0. The molecule has 1 aliphatic rings. The van der Waals surface area contributed by atoms with Crippen molar-refractivity contribution in [2.45, 2.75) is 0 Å². The Bertz CT molecular complexity index is 2240. The molecule has 230 valence electrons. The Morgan fingerprint density at radius 3 is 0.898 bits per heavy atom. The smallest absolute Gasteiger partial charge is 0.0623 e. The van der Waals surface area contributed by atoms with Gasteiger partial charge < -0.3 is 0 Å². The first-order valence-corrected chi connectivity index (χ1v) is 19.0. The molecule has 1 aliphatic heterocycles. The van der Waals surface area contributed by atoms with E-state index < -0.39 is 8.07 Å². The first kappa shape index (κ1) is 29.1. The van der Waals surface area contributed by atoms with Gasteiger partial charge in [-0.2, -0.15) is 0 Å². The van der Waals surface area contributed by atoms with E-state index in [-0.39, 0.29) is 0 Å². The molecule has 0 nitrogen and oxygen atoms in total. The predicted molar refractivity (Wildman–Crippen MR) is 211 cm³/mol. The van der Waals surface area contributed by atoms with Gasteiger partial charge >= 0.3 is 0 Å². The minimum Gasteiger partial charge on any atom is -0.0623 e. The van der Waals surface area contributed by atoms with E-state index in [9.17, 15) is 0 Å². The van der Waals surface area contributed by atoms with Gasteiger partial charge in [-0.3, -0.25) is 0 Å². The van der Waals surface area contributed by atoms with E-state index in [1.54, 1.807) is 0 Å². The molecular weight excluding hydrogens is 605 g/mol. The normalized spacial score (nSPS) is 12.7. The van der Waals surface area contributed by atoms with Crippen molar-refractivity contribution < 1.29 is 0 Å². The fourth-order valence-electron chi connectivity index (χ4n) is 8.04. The molecule has 0 unspecified atom stereocenters. The summed E-state index contributed by atoms with van der Waals surface area (Å²) in [6, 6.07) is 76.3. The second kappa shape index (κ2) is 12.2. The number of hydrogen-bond acceptors (Lipinski definition) is 0. The van der Waals surface area contributed by atoms with Gasteiger partial charge in [-0.1, -0.05) is 194 Å². The lowest BCUT2D eigenvalue weighted by molar-refractivity contribution is 1.58. The third-order valence-electron chi connectivity index (χ3n) is 10.2. The van der Waals surface area contributed by atoms with Crippen LogP contribution in [0.5, 0.6) is 0 Å². The van der Waals surface area contributed by atoms with E-state index in [4.69, 9.17) is 0 Å². The predicted octanol–water partition coefficient (Wildman–Crippen LogP) is 9.71. The van der Waals surface area contributed by atoms with Crippen LogP contribution in [0.15, 0.2) is 206 Å². The lowest BCUT2D eigenvalue weighted by atomic mass is 9.91. The highest BCUT2D eigenvalue weighted by Gasteiger charge is 2.48. The molecule has 0 atom stereocenters. The Balaban J connectivity index is 1.33. The molecule has 8 aromatic carbocycles. The molecule has 49 heavy (non-hydrogen) atoms. The van der Waals surface area contributed by atoms with Gasteiger partial charge in [-0.05, 0) is 88.5 Å². The van der Waals surface area contributed by atoms with Gasteiger partial charge in [-0.25, -0.2) is 0 Å². The van der Waals surface area contributed by atoms with Crippen molar-refractivity contribution in [3.05, 3.63) is 206 Å². The number of benzene rings is 8. The van der Waals surface area contributed by atoms with Crippen molar-refractivity contribution in [1.29, 1.82) is 0 Å². The second-order valence-electron chi connectivity index (χ2n) is 12.8. The summed E-state index contributed by atoms with van der Waals surface area (Å²) in [6.45, 7) is 0. The van der Waals surface area contributed by atoms with Gasteiger partial charge in [0, 0.05) is 0 Å². The summed E-state index contributed by atoms with van der Waals surface area (Å²) in [7, 11) is -2.63. The van der Waals surface area contributed by atoms with E-state index in [1.807, 2.05) is 0 Å². The molecule has 0 saturated carbocycles. The van der Waals surface area contributed by atoms with Crippen LogP contribution in [-0.2, 0) is 0 Å². The van der Waals surface area contributed by atoms with Crippen molar-refractivity contribution in [1.82, 2.24) is 0 Å². The first-order chi connectivity index (χ1) is 24.3. The first-order valence-electron chi connectivity index (χ1n) is 17.0. The summed E-state index contributed by atoms with van der Waals surface area (Å²) in [5, 5.41) is 5.73. The summed E-state index contributed by atoms with van der Waals surface area (Å²) in [5.74, 6) is 0. The quantitative estimate of drug-likeness (QED) is 0.159. The molecule has 0 radical (unpaired) electrons. The van der Waals surface area contributed by atoms with Gasteiger partial charge in [0.2, 0.25) is 0 Å². The van der Waals surface area contributed by atoms with Crippen LogP contribution in [0.4, 0.5) is 0 Å². The maximum Gasteiger partial charge on any atom is 0.180 e. The van der Waals surface area contributed by atoms with Crippen molar-refractivity contribution in [2.24, 2.45) is 0 Å². The van der Waals surface area contributed by atoms with Crippen LogP contribution in [-0.4, -0.2) is 8.07 Å². The summed E-state index contributed by atoms with van der Waals surface area (Å²) in [5.41, 5.74) is 12.6. The molecule has 0 saturated heterocycles. The Morgan fingerprint density at radius 2 is 0.531 bits per heavy atom. The molecule has 1 heteroatoms. The molecular formula is C48H34Si. The topological polar surface area (TPSA) is 0 Å². The van der Waals surface area contributed by atoms with E-state index in [1.165, 1.54) is 76.4 Å². The molecule has 0 aromatic heterocycles. The zero-order valence-electron chi connectivity index (χ0n) is 27.1. The molecule has 1 heterocycles. The van der Waals surface area contributed by atoms with E-state index in [2.05, 4.69) is 206 Å². The van der Waals surface area contributed by atoms with Crippen molar-refractivity contribution in [2.75, 3.05) is 0 Å². The minimum atomic E-state index is -2.63. The van der Waals surface area contributed by atoms with Crippen LogP contribution in [0.1, 0.15) is 0 Å². The van der Waals surface area contributed by atoms with Gasteiger partial charge in [0.15, 0.2) is 8.07 Å². The maximum atomic E-state index is 2.48. The van der Waals surface area contributed by atoms with Crippen LogP contribution >= 0.6 is 0 Å². The van der Waals surface area contributed by atoms with Gasteiger partial charge in [0.1, 0.15) is 0 Å². The zero-order chi connectivity index (χ0) is 32.6. The third kappa shape index (κ3) is 4.82. The average Bonchev–Trinajstić information content (AvgIpc) is 3.49. The van der Waals surface area contributed by atoms with Crippen LogP contribution in [0.3, 0.4) is 0 Å². The van der Waals surface area contributed by atoms with E-state index in [0.29, 0.717) is 0 Å². The zero-order valence-corrected chi connectivity index (χ0v) is 28.1. The molecule has 0 aliphatic carbocycles. The SMILES string of the molecule is c1ccc(-c2ccccc2-c2ccc3c(c2)-c2cc(-c4ccccc4-c4ccccc4)ccc2[Si]3(c2ccccc2)c2ccccc2)cc1. The number of hydrogen-bond donors (Lipinski definition) is 0. The molecule has 0 spiro atoms. The third-order valence-corrected chi connectivity index (χ3v) is 15.1. The molecule has 0 bridgehead atoms. The van der Waals surface area contributed by atoms with Crippen LogP contribution in [0, 0.1) is 0 Å². The Labute approximate surface area is 289 Å². The van der Waals surface area contributed by atoms with Crippen molar-refractivity contribution in [3.8, 4) is 55.6 Å². The lowest BCUT2D eigenvalue weighted by Gasteiger charge is -2.31. The van der Waals surface area contributed by atoms with Crippen LogP contribution < -0.4 is 20.7 Å². The van der Waals surface area contributed by atoms with E-state index >= 15 is 0 Å². The van der Waals surface area contributed by atoms with Gasteiger partial charge in [-0.15, -0.1) is 0 Å². The highest BCUT2D eigenvalue weighted by Crippen LogP contribution is 2.39. The highest BCUT2D eigenvalue weighted by atomic mass is 28.3. The van der Waals surface area contributed by atoms with Crippen molar-refractivity contribution in [3.63, 3.8) is 0 Å². The Hall–Kier alpha value is -6.02. The molecule has 9 rings (SSSR count). The lowest BCUT2D eigenvalue weighted by Crippen LogP contribution is -2.72. The Morgan fingerprint density at radius 1 is 0.224 bits per heavy atom. The Kier molecular flexibility index (Phi) is 7.26. The average molecular weight is 639 g/mol. The molecule has 8 aromatic rings. The molecule has 0 fully saturated rings. The largest absolute Gasteiger partial charge is 0.180 e. The maximum absolute atomic E-state index is 2.63. The monoisotopic (exact) mass is 638 g/mol. The van der Waals surface area contributed by atoms with Crippen LogP contribution in [0.2, 0.25) is 0 Å². The fraction of sp³-hybridized carbons (Fsp3) is 0. The highest BCUT2D eigenvalue weighted by molar-refractivity contribution is 7.22. The summed E-state index contributed by atoms with van der Waals surface area (Å²) >= 11 is 0. The van der Waals surface area contributed by atoms with Crippen LogP contribution in [0.25, 0.3) is 55.6 Å².